The third kappa shape index (κ3) is 13.5. The molecule has 0 spiro atoms. The van der Waals surface area contributed by atoms with Crippen LogP contribution in [0.3, 0.4) is 0 Å². The van der Waals surface area contributed by atoms with Gasteiger partial charge < -0.3 is 4.74 Å². The molecule has 0 aliphatic rings. The summed E-state index contributed by atoms with van der Waals surface area (Å²) in [6, 6.07) is 0. The molecule has 0 amide bonds. The Morgan fingerprint density at radius 3 is 1.75 bits per heavy atom. The van der Waals surface area contributed by atoms with E-state index in [4.69, 9.17) is 6.92 Å². The number of carbonyl (C=O) groups is 1. The lowest BCUT2D eigenvalue weighted by Gasteiger charge is -2.02. The molecule has 0 fully saturated rings. The molecule has 0 saturated heterocycles. The number of unbranched alkanes of at least 4 members (excludes halogenated alkanes) is 9. The molecule has 2 radical (unpaired) electrons. The van der Waals surface area contributed by atoms with E-state index in [0.717, 1.165) is 12.8 Å². The fourth-order valence-electron chi connectivity index (χ4n) is 1.76. The lowest BCUT2D eigenvalue weighted by molar-refractivity contribution is -0.138. The summed E-state index contributed by atoms with van der Waals surface area (Å²) in [5, 5.41) is 0. The molecule has 0 atom stereocenters. The van der Waals surface area contributed by atoms with Gasteiger partial charge in [-0.05, 0) is 6.42 Å². The van der Waals surface area contributed by atoms with E-state index in [2.05, 4.69) is 11.7 Å². The minimum atomic E-state index is -0.657. The van der Waals surface area contributed by atoms with Gasteiger partial charge in [-0.1, -0.05) is 64.7 Å². The Balaban J connectivity index is 2.90. The molecule has 0 aromatic heterocycles. The van der Waals surface area contributed by atoms with Crippen molar-refractivity contribution < 1.29 is 9.53 Å². The third-order valence-electron chi connectivity index (χ3n) is 2.74. The molecule has 0 aliphatic heterocycles. The molecule has 0 N–H and O–H groups in total. The lowest BCUT2D eigenvalue weighted by Crippen LogP contribution is -2.00. The second-order valence-corrected chi connectivity index (χ2v) is 4.35. The van der Waals surface area contributed by atoms with E-state index in [0.29, 0.717) is 6.61 Å². The van der Waals surface area contributed by atoms with Crippen LogP contribution in [0.4, 0.5) is 0 Å². The van der Waals surface area contributed by atoms with Gasteiger partial charge in [0.05, 0.1) is 13.5 Å². The van der Waals surface area contributed by atoms with E-state index in [1.807, 2.05) is 0 Å². The fraction of sp³-hybridized carbons (Fsp3) is 0.857. The second-order valence-electron chi connectivity index (χ2n) is 4.35. The van der Waals surface area contributed by atoms with E-state index >= 15 is 0 Å². The van der Waals surface area contributed by atoms with Crippen molar-refractivity contribution in [3.63, 3.8) is 0 Å². The molecule has 0 unspecified atom stereocenters. The topological polar surface area (TPSA) is 26.3 Å². The maximum absolute atomic E-state index is 10.3. The maximum atomic E-state index is 10.3. The van der Waals surface area contributed by atoms with Gasteiger partial charge in [-0.2, -0.15) is 0 Å². The van der Waals surface area contributed by atoms with Crippen LogP contribution in [0.15, 0.2) is 0 Å². The van der Waals surface area contributed by atoms with Gasteiger partial charge in [0.15, 0.2) is 0 Å². The summed E-state index contributed by atoms with van der Waals surface area (Å²) < 4.78 is 4.65. The Morgan fingerprint density at radius 2 is 1.31 bits per heavy atom. The highest BCUT2D eigenvalue weighted by atomic mass is 16.5. The predicted octanol–water partition coefficient (Wildman–Crippen LogP) is 4.16. The van der Waals surface area contributed by atoms with E-state index in [1.54, 1.807) is 0 Å². The largest absolute Gasteiger partial charge is 0.465 e. The van der Waals surface area contributed by atoms with Crippen LogP contribution in [0, 0.1) is 6.92 Å². The summed E-state index contributed by atoms with van der Waals surface area (Å²) in [5.74, 6) is -0.657. The molecule has 0 bridgehead atoms. The monoisotopic (exact) mass is 226 g/mol. The molecular formula is C14H26O2. The van der Waals surface area contributed by atoms with Gasteiger partial charge in [0.2, 0.25) is 0 Å². The van der Waals surface area contributed by atoms with Crippen molar-refractivity contribution in [1.29, 1.82) is 0 Å². The highest BCUT2D eigenvalue weighted by Crippen LogP contribution is 2.10. The lowest BCUT2D eigenvalue weighted by atomic mass is 10.1. The molecule has 2 heteroatoms. The summed E-state index contributed by atoms with van der Waals surface area (Å²) in [6.07, 6.45) is 12.8. The van der Waals surface area contributed by atoms with Gasteiger partial charge in [0.1, 0.15) is 0 Å². The van der Waals surface area contributed by atoms with E-state index in [9.17, 15) is 4.79 Å². The number of hydrogen-bond donors (Lipinski definition) is 0. The molecule has 94 valence electrons. The standard InChI is InChI=1S/C14H26O2/c1-3-4-5-6-7-8-9-10-11-12-13-16-14(2)15/h2H,3-13H2,1H3. The zero-order valence-electron chi connectivity index (χ0n) is 10.7. The summed E-state index contributed by atoms with van der Waals surface area (Å²) >= 11 is 0. The Labute approximate surface area is 101 Å². The van der Waals surface area contributed by atoms with Crippen molar-refractivity contribution in [2.24, 2.45) is 0 Å². The Hall–Kier alpha value is -0.530. The first-order valence-electron chi connectivity index (χ1n) is 6.69. The van der Waals surface area contributed by atoms with Crippen LogP contribution in [0.5, 0.6) is 0 Å². The minimum Gasteiger partial charge on any atom is -0.465 e. The minimum absolute atomic E-state index is 0.478. The number of carbonyl (C=O) groups excluding carboxylic acids is 1. The molecule has 0 aromatic carbocycles. The molecule has 2 nitrogen and oxygen atoms in total. The van der Waals surface area contributed by atoms with Crippen LogP contribution in [0.25, 0.3) is 0 Å². The molecule has 0 aliphatic carbocycles. The van der Waals surface area contributed by atoms with E-state index in [1.165, 1.54) is 51.4 Å². The Kier molecular flexibility index (Phi) is 12.1. The average molecular weight is 226 g/mol. The molecular weight excluding hydrogens is 200 g/mol. The Bertz CT molecular complexity index is 155. The fourth-order valence-corrected chi connectivity index (χ4v) is 1.76. The maximum Gasteiger partial charge on any atom is 0.310 e. The van der Waals surface area contributed by atoms with Crippen molar-refractivity contribution in [2.45, 2.75) is 71.1 Å². The quantitative estimate of drug-likeness (QED) is 0.390. The van der Waals surface area contributed by atoms with Crippen LogP contribution in [0.2, 0.25) is 0 Å². The summed E-state index contributed by atoms with van der Waals surface area (Å²) in [7, 11) is 0. The molecule has 0 rings (SSSR count). The molecule has 0 aromatic rings. The first-order valence-corrected chi connectivity index (χ1v) is 6.69. The van der Waals surface area contributed by atoms with Crippen molar-refractivity contribution in [2.75, 3.05) is 6.61 Å². The molecule has 0 saturated carbocycles. The van der Waals surface area contributed by atoms with E-state index < -0.39 is 5.97 Å². The van der Waals surface area contributed by atoms with Gasteiger partial charge in [0, 0.05) is 0 Å². The summed E-state index contributed by atoms with van der Waals surface area (Å²) in [4.78, 5) is 10.3. The van der Waals surface area contributed by atoms with Gasteiger partial charge in [0.25, 0.3) is 0 Å². The highest BCUT2D eigenvalue weighted by molar-refractivity contribution is 5.73. The Morgan fingerprint density at radius 1 is 0.875 bits per heavy atom. The zero-order valence-corrected chi connectivity index (χ0v) is 10.7. The van der Waals surface area contributed by atoms with Crippen LogP contribution in [-0.2, 0) is 9.53 Å². The summed E-state index contributed by atoms with van der Waals surface area (Å²) in [6.45, 7) is 7.57. The number of ether oxygens (including phenoxy) is 1. The number of esters is 1. The van der Waals surface area contributed by atoms with Crippen molar-refractivity contribution in [3.8, 4) is 0 Å². The highest BCUT2D eigenvalue weighted by Gasteiger charge is 1.94. The van der Waals surface area contributed by atoms with Crippen LogP contribution in [-0.4, -0.2) is 12.6 Å². The third-order valence-corrected chi connectivity index (χ3v) is 2.74. The SMILES string of the molecule is [CH]C(=O)OCCCCCCCCCCCC. The average Bonchev–Trinajstić information content (AvgIpc) is 2.25. The number of hydrogen-bond acceptors (Lipinski definition) is 2. The molecule has 16 heavy (non-hydrogen) atoms. The van der Waals surface area contributed by atoms with Crippen molar-refractivity contribution in [1.82, 2.24) is 0 Å². The van der Waals surface area contributed by atoms with E-state index in [-0.39, 0.29) is 0 Å². The smallest absolute Gasteiger partial charge is 0.310 e. The predicted molar refractivity (Wildman–Crippen MR) is 67.1 cm³/mol. The normalized spacial score (nSPS) is 10.4. The van der Waals surface area contributed by atoms with Crippen LogP contribution in [0.1, 0.15) is 71.1 Å². The second kappa shape index (κ2) is 12.5. The van der Waals surface area contributed by atoms with Gasteiger partial charge in [-0.25, -0.2) is 0 Å². The van der Waals surface area contributed by atoms with Gasteiger partial charge in [-0.3, -0.25) is 4.79 Å². The first-order chi connectivity index (χ1) is 7.77. The summed E-state index contributed by atoms with van der Waals surface area (Å²) in [5.41, 5.74) is 0. The molecule has 0 heterocycles. The number of rotatable bonds is 11. The van der Waals surface area contributed by atoms with Crippen LogP contribution >= 0.6 is 0 Å². The van der Waals surface area contributed by atoms with Crippen molar-refractivity contribution >= 4 is 5.97 Å². The zero-order chi connectivity index (χ0) is 12.1. The van der Waals surface area contributed by atoms with Gasteiger partial charge >= 0.3 is 5.97 Å². The van der Waals surface area contributed by atoms with Gasteiger partial charge in [-0.15, -0.1) is 0 Å². The van der Waals surface area contributed by atoms with Crippen molar-refractivity contribution in [3.05, 3.63) is 6.92 Å². The first kappa shape index (κ1) is 15.5. The van der Waals surface area contributed by atoms with Crippen LogP contribution < -0.4 is 0 Å².